The first kappa shape index (κ1) is 10.7. The van der Waals surface area contributed by atoms with Gasteiger partial charge >= 0.3 is 0 Å². The molecule has 0 saturated carbocycles. The summed E-state index contributed by atoms with van der Waals surface area (Å²) in [7, 11) is 0. The fourth-order valence-electron chi connectivity index (χ4n) is 2.76. The van der Waals surface area contributed by atoms with Crippen LogP contribution in [-0.4, -0.2) is 35.6 Å². The van der Waals surface area contributed by atoms with Crippen molar-refractivity contribution in [2.45, 2.75) is 18.9 Å². The molecule has 0 amide bonds. The molecule has 0 spiro atoms. The Morgan fingerprint density at radius 3 is 3.19 bits per heavy atom. The van der Waals surface area contributed by atoms with Gasteiger partial charge in [0.25, 0.3) is 0 Å². The summed E-state index contributed by atoms with van der Waals surface area (Å²) in [6.07, 6.45) is 6.21. The van der Waals surface area contributed by atoms with E-state index in [0.29, 0.717) is 6.04 Å². The van der Waals surface area contributed by atoms with Gasteiger partial charge in [0.2, 0.25) is 0 Å². The maximum atomic E-state index is 4.40. The first-order chi connectivity index (χ1) is 7.84. The van der Waals surface area contributed by atoms with Crippen molar-refractivity contribution in [3.05, 3.63) is 16.1 Å². The highest BCUT2D eigenvalue weighted by Crippen LogP contribution is 2.29. The van der Waals surface area contributed by atoms with Crippen molar-refractivity contribution in [2.24, 2.45) is 5.92 Å². The molecule has 2 aliphatic rings. The van der Waals surface area contributed by atoms with Crippen molar-refractivity contribution in [2.75, 3.05) is 24.5 Å². The molecule has 0 aliphatic carbocycles. The minimum atomic E-state index is 0.666. The number of nitrogens with zero attached hydrogens (tertiary/aromatic N) is 3. The van der Waals surface area contributed by atoms with E-state index in [1.165, 1.54) is 19.4 Å². The van der Waals surface area contributed by atoms with Crippen LogP contribution in [0.25, 0.3) is 0 Å². The Hall–Kier alpha value is -0.430. The van der Waals surface area contributed by atoms with Gasteiger partial charge in [-0.05, 0) is 47.9 Å². The van der Waals surface area contributed by atoms with Crippen LogP contribution in [0.2, 0.25) is 0 Å². The lowest BCUT2D eigenvalue weighted by Gasteiger charge is -2.24. The lowest BCUT2D eigenvalue weighted by molar-refractivity contribution is 0.340. The fourth-order valence-corrected chi connectivity index (χ4v) is 3.40. The van der Waals surface area contributed by atoms with Crippen molar-refractivity contribution in [1.82, 2.24) is 15.3 Å². The van der Waals surface area contributed by atoms with Gasteiger partial charge < -0.3 is 10.2 Å². The van der Waals surface area contributed by atoms with E-state index in [4.69, 9.17) is 0 Å². The van der Waals surface area contributed by atoms with Gasteiger partial charge in [-0.2, -0.15) is 0 Å². The number of hydrogen-bond acceptors (Lipinski definition) is 4. The van der Waals surface area contributed by atoms with Crippen LogP contribution in [0.3, 0.4) is 0 Å². The largest absolute Gasteiger partial charge is 0.354 e. The summed E-state index contributed by atoms with van der Waals surface area (Å²) in [5, 5.41) is 3.61. The Morgan fingerprint density at radius 1 is 1.44 bits per heavy atom. The molecule has 16 heavy (non-hydrogen) atoms. The summed E-state index contributed by atoms with van der Waals surface area (Å²) >= 11 is 2.32. The van der Waals surface area contributed by atoms with Crippen LogP contribution in [0, 0.1) is 9.49 Å². The number of halogens is 1. The molecule has 1 aromatic rings. The van der Waals surface area contributed by atoms with Crippen LogP contribution in [0.4, 0.5) is 5.82 Å². The highest BCUT2D eigenvalue weighted by Gasteiger charge is 2.35. The molecule has 4 nitrogen and oxygen atoms in total. The van der Waals surface area contributed by atoms with Crippen molar-refractivity contribution < 1.29 is 0 Å². The molecule has 3 heterocycles. The van der Waals surface area contributed by atoms with Crippen LogP contribution in [0.5, 0.6) is 0 Å². The van der Waals surface area contributed by atoms with Crippen molar-refractivity contribution in [1.29, 1.82) is 0 Å². The molecule has 86 valence electrons. The van der Waals surface area contributed by atoms with E-state index in [0.717, 1.165) is 28.4 Å². The normalized spacial score (nSPS) is 29.2. The van der Waals surface area contributed by atoms with E-state index >= 15 is 0 Å². The van der Waals surface area contributed by atoms with E-state index in [1.807, 2.05) is 6.20 Å². The van der Waals surface area contributed by atoms with Crippen molar-refractivity contribution in [3.63, 3.8) is 0 Å². The molecule has 0 unspecified atom stereocenters. The van der Waals surface area contributed by atoms with E-state index in [9.17, 15) is 0 Å². The number of hydrogen-bond donors (Lipinski definition) is 1. The van der Waals surface area contributed by atoms with Crippen LogP contribution < -0.4 is 10.2 Å². The lowest BCUT2D eigenvalue weighted by Crippen LogP contribution is -2.40. The van der Waals surface area contributed by atoms with Crippen LogP contribution in [0.1, 0.15) is 12.8 Å². The summed E-state index contributed by atoms with van der Waals surface area (Å²) in [4.78, 5) is 10.8. The lowest BCUT2D eigenvalue weighted by atomic mass is 9.94. The zero-order chi connectivity index (χ0) is 11.0. The van der Waals surface area contributed by atoms with Gasteiger partial charge in [-0.1, -0.05) is 0 Å². The van der Waals surface area contributed by atoms with E-state index in [-0.39, 0.29) is 0 Å². The average Bonchev–Trinajstić information content (AvgIpc) is 2.73. The first-order valence-corrected chi connectivity index (χ1v) is 6.86. The zero-order valence-electron chi connectivity index (χ0n) is 9.06. The summed E-state index contributed by atoms with van der Waals surface area (Å²) in [5.41, 5.74) is 0. The summed E-state index contributed by atoms with van der Waals surface area (Å²) in [6.45, 7) is 3.41. The predicted octanol–water partition coefficient (Wildman–Crippen LogP) is 1.27. The summed E-state index contributed by atoms with van der Waals surface area (Å²) in [5.74, 6) is 1.91. The van der Waals surface area contributed by atoms with Crippen molar-refractivity contribution >= 4 is 28.4 Å². The van der Waals surface area contributed by atoms with Gasteiger partial charge in [0.15, 0.2) is 0 Å². The minimum absolute atomic E-state index is 0.666. The molecular weight excluding hydrogens is 315 g/mol. The van der Waals surface area contributed by atoms with Gasteiger partial charge in [-0.15, -0.1) is 0 Å². The zero-order valence-corrected chi connectivity index (χ0v) is 11.2. The predicted molar refractivity (Wildman–Crippen MR) is 71.5 cm³/mol. The first-order valence-electron chi connectivity index (χ1n) is 5.78. The highest BCUT2D eigenvalue weighted by molar-refractivity contribution is 14.1. The summed E-state index contributed by atoms with van der Waals surface area (Å²) < 4.78 is 1.15. The molecule has 0 radical (unpaired) electrons. The minimum Gasteiger partial charge on any atom is -0.354 e. The number of nitrogens with one attached hydrogen (secondary N) is 1. The molecule has 1 aromatic heterocycles. The molecule has 2 atom stereocenters. The number of anilines is 1. The monoisotopic (exact) mass is 330 g/mol. The average molecular weight is 330 g/mol. The molecule has 2 fully saturated rings. The smallest absolute Gasteiger partial charge is 0.145 e. The van der Waals surface area contributed by atoms with Gasteiger partial charge in [0, 0.05) is 25.3 Å². The standard InChI is InChI=1S/C11H15IN4/c12-9-4-13-7-15-11(9)16-5-8-2-1-3-14-10(8)6-16/h4,7-8,10,14H,1-3,5-6H2/t8-,10+/m0/s1. The third-order valence-electron chi connectivity index (χ3n) is 3.55. The quantitative estimate of drug-likeness (QED) is 0.788. The van der Waals surface area contributed by atoms with Crippen LogP contribution >= 0.6 is 22.6 Å². The van der Waals surface area contributed by atoms with E-state index in [2.05, 4.69) is 42.8 Å². The van der Waals surface area contributed by atoms with E-state index < -0.39 is 0 Å². The molecular formula is C11H15IN4. The third-order valence-corrected chi connectivity index (χ3v) is 4.31. The number of fused-ring (bicyclic) bond motifs is 1. The molecule has 2 saturated heterocycles. The topological polar surface area (TPSA) is 41.1 Å². The third kappa shape index (κ3) is 1.90. The molecule has 5 heteroatoms. The SMILES string of the molecule is Ic1cncnc1N1C[C@@H]2CCCN[C@@H]2C1. The van der Waals surface area contributed by atoms with Crippen LogP contribution in [-0.2, 0) is 0 Å². The Morgan fingerprint density at radius 2 is 2.38 bits per heavy atom. The highest BCUT2D eigenvalue weighted by atomic mass is 127. The van der Waals surface area contributed by atoms with Crippen LogP contribution in [0.15, 0.2) is 12.5 Å². The van der Waals surface area contributed by atoms with Crippen molar-refractivity contribution in [3.8, 4) is 0 Å². The van der Waals surface area contributed by atoms with E-state index in [1.54, 1.807) is 6.33 Å². The Balaban J connectivity index is 1.80. The molecule has 1 N–H and O–H groups in total. The number of aromatic nitrogens is 2. The second-order valence-electron chi connectivity index (χ2n) is 4.56. The Labute approximate surface area is 109 Å². The molecule has 0 aromatic carbocycles. The Bertz CT molecular complexity index is 370. The van der Waals surface area contributed by atoms with Gasteiger partial charge in [-0.25, -0.2) is 9.97 Å². The maximum Gasteiger partial charge on any atom is 0.145 e. The Kier molecular flexibility index (Phi) is 2.97. The number of piperidine rings is 1. The van der Waals surface area contributed by atoms with Gasteiger partial charge in [0.1, 0.15) is 12.1 Å². The fraction of sp³-hybridized carbons (Fsp3) is 0.636. The van der Waals surface area contributed by atoms with Gasteiger partial charge in [0.05, 0.1) is 3.57 Å². The molecule has 3 rings (SSSR count). The second kappa shape index (κ2) is 4.44. The molecule has 0 bridgehead atoms. The molecule has 2 aliphatic heterocycles. The maximum absolute atomic E-state index is 4.40. The van der Waals surface area contributed by atoms with Gasteiger partial charge in [-0.3, -0.25) is 0 Å². The summed E-state index contributed by atoms with van der Waals surface area (Å²) in [6, 6.07) is 0.666. The second-order valence-corrected chi connectivity index (χ2v) is 5.72. The number of rotatable bonds is 1.